The topological polar surface area (TPSA) is 109 Å². The number of benzene rings is 1. The Morgan fingerprint density at radius 2 is 2.03 bits per heavy atom. The van der Waals surface area contributed by atoms with Crippen LogP contribution in [0.5, 0.6) is 0 Å². The Labute approximate surface area is 175 Å². The average molecular weight is 414 g/mol. The van der Waals surface area contributed by atoms with Gasteiger partial charge in [-0.2, -0.15) is 5.26 Å². The summed E-state index contributed by atoms with van der Waals surface area (Å²) in [5.41, 5.74) is 7.06. The fraction of sp³-hybridized carbons (Fsp3) is 0.524. The Hall–Kier alpha value is -2.53. The van der Waals surface area contributed by atoms with E-state index in [1.54, 1.807) is 28.8 Å². The molecule has 2 N–H and O–H groups in total. The Morgan fingerprint density at radius 3 is 2.69 bits per heavy atom. The van der Waals surface area contributed by atoms with Gasteiger partial charge in [0.15, 0.2) is 0 Å². The summed E-state index contributed by atoms with van der Waals surface area (Å²) in [4.78, 5) is 14.8. The quantitative estimate of drug-likeness (QED) is 0.702. The lowest BCUT2D eigenvalue weighted by atomic mass is 9.87. The molecule has 0 bridgehead atoms. The average Bonchev–Trinajstić information content (AvgIpc) is 3.16. The van der Waals surface area contributed by atoms with Crippen LogP contribution in [0.4, 0.5) is 6.01 Å². The highest BCUT2D eigenvalue weighted by Gasteiger charge is 2.26. The molecule has 29 heavy (non-hydrogen) atoms. The molecule has 0 saturated heterocycles. The summed E-state index contributed by atoms with van der Waals surface area (Å²) in [6, 6.07) is 9.34. The SMILES string of the molecule is CCC1CCCCC1SCC(=O)N(Cc1ccc(C#N)cc1)Cc1nnc(N)o1. The third-order valence-corrected chi connectivity index (χ3v) is 6.86. The van der Waals surface area contributed by atoms with Crippen LogP contribution in [0, 0.1) is 17.2 Å². The molecule has 2 aromatic rings. The number of anilines is 1. The zero-order chi connectivity index (χ0) is 20.6. The molecule has 3 rings (SSSR count). The number of aromatic nitrogens is 2. The highest BCUT2D eigenvalue weighted by Crippen LogP contribution is 2.35. The van der Waals surface area contributed by atoms with Gasteiger partial charge in [0.2, 0.25) is 11.8 Å². The zero-order valence-electron chi connectivity index (χ0n) is 16.7. The number of rotatable bonds is 8. The fourth-order valence-corrected chi connectivity index (χ4v) is 5.23. The molecule has 2 unspecified atom stereocenters. The van der Waals surface area contributed by atoms with Gasteiger partial charge in [0.1, 0.15) is 0 Å². The summed E-state index contributed by atoms with van der Waals surface area (Å²) < 4.78 is 5.28. The molecule has 0 radical (unpaired) electrons. The maximum Gasteiger partial charge on any atom is 0.312 e. The number of nitrogens with two attached hydrogens (primary N) is 1. The molecular weight excluding hydrogens is 386 g/mol. The van der Waals surface area contributed by atoms with Crippen molar-refractivity contribution >= 4 is 23.7 Å². The lowest BCUT2D eigenvalue weighted by molar-refractivity contribution is -0.129. The van der Waals surface area contributed by atoms with Gasteiger partial charge in [0, 0.05) is 11.8 Å². The minimum atomic E-state index is -0.00635. The maximum absolute atomic E-state index is 13.1. The predicted molar refractivity (Wildman–Crippen MR) is 113 cm³/mol. The monoisotopic (exact) mass is 413 g/mol. The highest BCUT2D eigenvalue weighted by molar-refractivity contribution is 8.00. The fourth-order valence-electron chi connectivity index (χ4n) is 3.76. The Balaban J connectivity index is 1.67. The van der Waals surface area contributed by atoms with Crippen molar-refractivity contribution < 1.29 is 9.21 Å². The largest absolute Gasteiger partial charge is 0.406 e. The third kappa shape index (κ3) is 5.97. The minimum Gasteiger partial charge on any atom is -0.406 e. The first kappa shape index (κ1) is 21.2. The van der Waals surface area contributed by atoms with Gasteiger partial charge in [-0.25, -0.2) is 0 Å². The van der Waals surface area contributed by atoms with Crippen LogP contribution in [-0.4, -0.2) is 32.0 Å². The molecule has 154 valence electrons. The summed E-state index contributed by atoms with van der Waals surface area (Å²) in [5.74, 6) is 1.49. The number of nitrogens with zero attached hydrogens (tertiary/aromatic N) is 4. The number of carbonyl (C=O) groups excluding carboxylic acids is 1. The second-order valence-corrected chi connectivity index (χ2v) is 8.62. The molecule has 1 aromatic heterocycles. The smallest absolute Gasteiger partial charge is 0.312 e. The Bertz CT molecular complexity index is 846. The Kier molecular flexibility index (Phi) is 7.53. The molecule has 1 aromatic carbocycles. The van der Waals surface area contributed by atoms with E-state index >= 15 is 0 Å². The summed E-state index contributed by atoms with van der Waals surface area (Å²) in [6.07, 6.45) is 6.17. The predicted octanol–water partition coefficient (Wildman–Crippen LogP) is 3.75. The van der Waals surface area contributed by atoms with E-state index in [-0.39, 0.29) is 18.5 Å². The second kappa shape index (κ2) is 10.3. The summed E-state index contributed by atoms with van der Waals surface area (Å²) in [7, 11) is 0. The van der Waals surface area contributed by atoms with Gasteiger partial charge < -0.3 is 15.1 Å². The van der Waals surface area contributed by atoms with Crippen molar-refractivity contribution in [3.8, 4) is 6.07 Å². The molecular formula is C21H27N5O2S. The van der Waals surface area contributed by atoms with E-state index < -0.39 is 0 Å². The number of carbonyl (C=O) groups is 1. The van der Waals surface area contributed by atoms with Crippen LogP contribution in [0.25, 0.3) is 0 Å². The van der Waals surface area contributed by atoms with E-state index in [2.05, 4.69) is 23.2 Å². The van der Waals surface area contributed by atoms with Crippen molar-refractivity contribution in [2.24, 2.45) is 5.92 Å². The van der Waals surface area contributed by atoms with Crippen LogP contribution < -0.4 is 5.73 Å². The molecule has 2 atom stereocenters. The number of nitriles is 1. The molecule has 1 heterocycles. The van der Waals surface area contributed by atoms with Crippen LogP contribution in [0.1, 0.15) is 56.0 Å². The van der Waals surface area contributed by atoms with E-state index in [1.807, 2.05) is 12.1 Å². The number of amides is 1. The van der Waals surface area contributed by atoms with Gasteiger partial charge in [0.05, 0.1) is 23.9 Å². The first-order chi connectivity index (χ1) is 14.1. The summed E-state index contributed by atoms with van der Waals surface area (Å²) in [5, 5.41) is 17.1. The van der Waals surface area contributed by atoms with Gasteiger partial charge in [-0.1, -0.05) is 43.4 Å². The summed E-state index contributed by atoms with van der Waals surface area (Å²) in [6.45, 7) is 2.86. The van der Waals surface area contributed by atoms with E-state index in [0.717, 1.165) is 5.56 Å². The van der Waals surface area contributed by atoms with Crippen molar-refractivity contribution in [1.82, 2.24) is 15.1 Å². The number of thioether (sulfide) groups is 1. The van der Waals surface area contributed by atoms with Crippen molar-refractivity contribution in [1.29, 1.82) is 5.26 Å². The van der Waals surface area contributed by atoms with Crippen LogP contribution in [0.3, 0.4) is 0 Å². The number of nitrogen functional groups attached to an aromatic ring is 1. The van der Waals surface area contributed by atoms with Crippen LogP contribution >= 0.6 is 11.8 Å². The lowest BCUT2D eigenvalue weighted by Crippen LogP contribution is -2.33. The van der Waals surface area contributed by atoms with Gasteiger partial charge in [-0.15, -0.1) is 16.9 Å². The van der Waals surface area contributed by atoms with Crippen molar-refractivity contribution in [2.75, 3.05) is 11.5 Å². The van der Waals surface area contributed by atoms with Crippen molar-refractivity contribution in [2.45, 2.75) is 57.4 Å². The molecule has 1 aliphatic carbocycles. The third-order valence-electron chi connectivity index (χ3n) is 5.40. The molecule has 0 aliphatic heterocycles. The van der Waals surface area contributed by atoms with Crippen molar-refractivity contribution in [3.05, 3.63) is 41.3 Å². The molecule has 7 nitrogen and oxygen atoms in total. The first-order valence-electron chi connectivity index (χ1n) is 10.0. The van der Waals surface area contributed by atoms with E-state index in [4.69, 9.17) is 15.4 Å². The zero-order valence-corrected chi connectivity index (χ0v) is 17.5. The highest BCUT2D eigenvalue weighted by atomic mass is 32.2. The number of hydrogen-bond donors (Lipinski definition) is 1. The molecule has 0 spiro atoms. The number of hydrogen-bond acceptors (Lipinski definition) is 7. The van der Waals surface area contributed by atoms with E-state index in [1.165, 1.54) is 32.1 Å². The normalized spacial score (nSPS) is 18.9. The summed E-state index contributed by atoms with van der Waals surface area (Å²) >= 11 is 1.77. The first-order valence-corrected chi connectivity index (χ1v) is 11.1. The maximum atomic E-state index is 13.1. The van der Waals surface area contributed by atoms with Crippen LogP contribution in [0.2, 0.25) is 0 Å². The molecule has 1 fully saturated rings. The van der Waals surface area contributed by atoms with Gasteiger partial charge in [-0.05, 0) is 36.5 Å². The van der Waals surface area contributed by atoms with Gasteiger partial charge in [0.25, 0.3) is 0 Å². The molecule has 1 saturated carbocycles. The van der Waals surface area contributed by atoms with Gasteiger partial charge >= 0.3 is 6.01 Å². The Morgan fingerprint density at radius 1 is 1.28 bits per heavy atom. The minimum absolute atomic E-state index is 0.00635. The van der Waals surface area contributed by atoms with Crippen molar-refractivity contribution in [3.63, 3.8) is 0 Å². The second-order valence-electron chi connectivity index (χ2n) is 7.39. The van der Waals surface area contributed by atoms with Crippen LogP contribution in [0.15, 0.2) is 28.7 Å². The molecule has 8 heteroatoms. The van der Waals surface area contributed by atoms with E-state index in [9.17, 15) is 4.79 Å². The van der Waals surface area contributed by atoms with E-state index in [0.29, 0.717) is 34.9 Å². The van der Waals surface area contributed by atoms with Crippen LogP contribution in [-0.2, 0) is 17.9 Å². The standard InChI is InChI=1S/C21H27N5O2S/c1-2-17-5-3-4-6-18(17)29-14-20(27)26(13-19-24-25-21(23)28-19)12-16-9-7-15(11-22)8-10-16/h7-10,17-18H,2-6,12-14H2,1H3,(H2,23,25). The van der Waals surface area contributed by atoms with Gasteiger partial charge in [-0.3, -0.25) is 4.79 Å². The molecule has 1 aliphatic rings. The molecule has 1 amide bonds. The lowest BCUT2D eigenvalue weighted by Gasteiger charge is -2.31.